The maximum Gasteiger partial charge on any atom is 0.131 e. The fourth-order valence-electron chi connectivity index (χ4n) is 1.60. The van der Waals surface area contributed by atoms with Crippen molar-refractivity contribution in [1.29, 1.82) is 0 Å². The molecule has 3 rings (SSSR count). The van der Waals surface area contributed by atoms with E-state index < -0.39 is 0 Å². The van der Waals surface area contributed by atoms with Crippen molar-refractivity contribution in [3.8, 4) is 0 Å². The average Bonchev–Trinajstić information content (AvgIpc) is 2.65. The lowest BCUT2D eigenvalue weighted by molar-refractivity contribution is 1.12. The van der Waals surface area contributed by atoms with Gasteiger partial charge in [-0.25, -0.2) is 0 Å². The number of hydrogen-bond acceptors (Lipinski definition) is 3. The third-order valence-corrected chi connectivity index (χ3v) is 2.31. The molecule has 1 N–H and O–H groups in total. The first-order valence-corrected chi connectivity index (χ1v) is 4.41. The molecule has 2 heterocycles. The molecule has 0 unspecified atom stereocenters. The van der Waals surface area contributed by atoms with Crippen LogP contribution in [-0.4, -0.2) is 20.4 Å². The highest BCUT2D eigenvalue weighted by Gasteiger charge is 2.03. The molecule has 2 aromatic heterocycles. The molecule has 1 aromatic carbocycles. The first-order valence-electron chi connectivity index (χ1n) is 4.41. The Morgan fingerprint density at radius 3 is 2.93 bits per heavy atom. The Balaban J connectivity index is 2.57. The topological polar surface area (TPSA) is 54.5 Å². The molecule has 0 fully saturated rings. The minimum absolute atomic E-state index is 0.807. The lowest BCUT2D eigenvalue weighted by Crippen LogP contribution is -1.86. The highest BCUT2D eigenvalue weighted by atomic mass is 15.2. The van der Waals surface area contributed by atoms with E-state index in [1.165, 1.54) is 5.56 Å². The quantitative estimate of drug-likeness (QED) is 0.579. The molecule has 4 nitrogen and oxygen atoms in total. The fourth-order valence-corrected chi connectivity index (χ4v) is 1.60. The van der Waals surface area contributed by atoms with E-state index in [1.54, 1.807) is 6.20 Å². The number of nitrogens with zero attached hydrogens (tertiary/aromatic N) is 3. The van der Waals surface area contributed by atoms with E-state index in [0.29, 0.717) is 0 Å². The number of aromatic amines is 1. The van der Waals surface area contributed by atoms with E-state index in [-0.39, 0.29) is 0 Å². The zero-order valence-electron chi connectivity index (χ0n) is 7.65. The smallest absolute Gasteiger partial charge is 0.131 e. The molecule has 0 aliphatic rings. The van der Waals surface area contributed by atoms with Crippen molar-refractivity contribution in [3.05, 3.63) is 30.0 Å². The first kappa shape index (κ1) is 7.44. The Morgan fingerprint density at radius 1 is 1.14 bits per heavy atom. The lowest BCUT2D eigenvalue weighted by atomic mass is 10.1. The zero-order chi connectivity index (χ0) is 9.54. The van der Waals surface area contributed by atoms with Gasteiger partial charge in [0.15, 0.2) is 0 Å². The maximum absolute atomic E-state index is 4.13. The van der Waals surface area contributed by atoms with Crippen molar-refractivity contribution >= 4 is 21.9 Å². The predicted molar refractivity (Wildman–Crippen MR) is 53.9 cm³/mol. The van der Waals surface area contributed by atoms with Crippen LogP contribution < -0.4 is 0 Å². The summed E-state index contributed by atoms with van der Waals surface area (Å²) in [6.07, 6.45) is 1.68. The van der Waals surface area contributed by atoms with E-state index in [9.17, 15) is 0 Å². The van der Waals surface area contributed by atoms with Crippen molar-refractivity contribution in [2.24, 2.45) is 0 Å². The van der Waals surface area contributed by atoms with Crippen molar-refractivity contribution in [3.63, 3.8) is 0 Å². The summed E-state index contributed by atoms with van der Waals surface area (Å²) < 4.78 is 0. The third kappa shape index (κ3) is 0.907. The van der Waals surface area contributed by atoms with Crippen LogP contribution in [0.2, 0.25) is 0 Å². The molecular weight excluding hydrogens is 176 g/mol. The number of rotatable bonds is 0. The zero-order valence-corrected chi connectivity index (χ0v) is 7.65. The van der Waals surface area contributed by atoms with Gasteiger partial charge < -0.3 is 0 Å². The van der Waals surface area contributed by atoms with Gasteiger partial charge in [-0.15, -0.1) is 10.2 Å². The van der Waals surface area contributed by atoms with Crippen molar-refractivity contribution < 1.29 is 0 Å². The van der Waals surface area contributed by atoms with Gasteiger partial charge >= 0.3 is 0 Å². The Kier molecular flexibility index (Phi) is 1.33. The van der Waals surface area contributed by atoms with Gasteiger partial charge in [0.2, 0.25) is 0 Å². The molecule has 0 amide bonds. The second kappa shape index (κ2) is 2.51. The van der Waals surface area contributed by atoms with Gasteiger partial charge in [-0.3, -0.25) is 5.10 Å². The average molecular weight is 184 g/mol. The lowest BCUT2D eigenvalue weighted by Gasteiger charge is -1.97. The molecule has 14 heavy (non-hydrogen) atoms. The first-order chi connectivity index (χ1) is 6.84. The van der Waals surface area contributed by atoms with Crippen molar-refractivity contribution in [2.75, 3.05) is 0 Å². The fraction of sp³-hybridized carbons (Fsp3) is 0.100. The largest absolute Gasteiger partial charge is 0.275 e. The van der Waals surface area contributed by atoms with E-state index >= 15 is 0 Å². The van der Waals surface area contributed by atoms with Crippen LogP contribution in [0, 0.1) is 6.92 Å². The third-order valence-electron chi connectivity index (χ3n) is 2.31. The highest BCUT2D eigenvalue weighted by Crippen LogP contribution is 2.19. The Hall–Kier alpha value is -1.97. The van der Waals surface area contributed by atoms with Crippen molar-refractivity contribution in [1.82, 2.24) is 20.4 Å². The number of hydrogen-bond donors (Lipinski definition) is 1. The van der Waals surface area contributed by atoms with Gasteiger partial charge in [0.25, 0.3) is 0 Å². The molecular formula is C10H8N4. The molecule has 0 atom stereocenters. The number of H-pyrrole nitrogens is 1. The van der Waals surface area contributed by atoms with Crippen LogP contribution in [0.5, 0.6) is 0 Å². The molecule has 68 valence electrons. The number of benzene rings is 1. The minimum atomic E-state index is 0.807. The second-order valence-electron chi connectivity index (χ2n) is 3.35. The number of fused-ring (bicyclic) bond motifs is 3. The van der Waals surface area contributed by atoms with E-state index in [1.807, 2.05) is 19.1 Å². The summed E-state index contributed by atoms with van der Waals surface area (Å²) in [5.74, 6) is 0. The van der Waals surface area contributed by atoms with E-state index in [2.05, 4.69) is 26.5 Å². The standard InChI is InChI=1S/C10H8N4/c1-6-2-3-7-8(4-6)12-13-9-5-11-14-10(7)9/h2-5H,1H3,(H,11,14). The molecule has 4 heteroatoms. The van der Waals surface area contributed by atoms with Gasteiger partial charge in [0, 0.05) is 5.39 Å². The summed E-state index contributed by atoms with van der Waals surface area (Å²) in [5, 5.41) is 16.1. The van der Waals surface area contributed by atoms with E-state index in [4.69, 9.17) is 0 Å². The Bertz CT molecular complexity index is 612. The van der Waals surface area contributed by atoms with Gasteiger partial charge in [-0.05, 0) is 18.6 Å². The number of aromatic nitrogens is 4. The molecule has 0 spiro atoms. The normalized spacial score (nSPS) is 11.2. The predicted octanol–water partition coefficient (Wildman–Crippen LogP) is 1.81. The molecule has 0 saturated heterocycles. The van der Waals surface area contributed by atoms with Gasteiger partial charge in [0.1, 0.15) is 5.52 Å². The van der Waals surface area contributed by atoms with Crippen molar-refractivity contribution in [2.45, 2.75) is 6.92 Å². The molecule has 3 aromatic rings. The van der Waals surface area contributed by atoms with Gasteiger partial charge in [0.05, 0.1) is 17.2 Å². The van der Waals surface area contributed by atoms with Crippen LogP contribution in [0.3, 0.4) is 0 Å². The Morgan fingerprint density at radius 2 is 2.00 bits per heavy atom. The highest BCUT2D eigenvalue weighted by molar-refractivity contribution is 6.00. The van der Waals surface area contributed by atoms with Crippen LogP contribution in [-0.2, 0) is 0 Å². The van der Waals surface area contributed by atoms with Gasteiger partial charge in [-0.1, -0.05) is 12.1 Å². The summed E-state index contributed by atoms with van der Waals surface area (Å²) in [5.41, 5.74) is 3.85. The summed E-state index contributed by atoms with van der Waals surface area (Å²) in [6.45, 7) is 2.04. The summed E-state index contributed by atoms with van der Waals surface area (Å²) >= 11 is 0. The van der Waals surface area contributed by atoms with Crippen LogP contribution in [0.25, 0.3) is 21.9 Å². The minimum Gasteiger partial charge on any atom is -0.275 e. The molecule has 0 radical (unpaired) electrons. The Labute approximate surface area is 80.0 Å². The SMILES string of the molecule is Cc1ccc2c(c1)nnc1cn[nH]c12. The number of nitrogens with one attached hydrogen (secondary N) is 1. The molecule has 0 aliphatic heterocycles. The number of aryl methyl sites for hydroxylation is 1. The van der Waals surface area contributed by atoms with Gasteiger partial charge in [-0.2, -0.15) is 5.10 Å². The second-order valence-corrected chi connectivity index (χ2v) is 3.35. The molecule has 0 bridgehead atoms. The van der Waals surface area contributed by atoms with Crippen LogP contribution in [0.15, 0.2) is 24.4 Å². The summed E-state index contributed by atoms with van der Waals surface area (Å²) in [7, 11) is 0. The molecule has 0 aliphatic carbocycles. The molecule has 0 saturated carbocycles. The van der Waals surface area contributed by atoms with E-state index in [0.717, 1.165) is 21.9 Å². The van der Waals surface area contributed by atoms with Crippen LogP contribution in [0.1, 0.15) is 5.56 Å². The summed E-state index contributed by atoms with van der Waals surface area (Å²) in [6, 6.07) is 6.12. The maximum atomic E-state index is 4.13. The van der Waals surface area contributed by atoms with Crippen LogP contribution >= 0.6 is 0 Å². The summed E-state index contributed by atoms with van der Waals surface area (Å²) in [4.78, 5) is 0. The monoisotopic (exact) mass is 184 g/mol. The van der Waals surface area contributed by atoms with Crippen LogP contribution in [0.4, 0.5) is 0 Å².